The molecule has 0 radical (unpaired) electrons. The van der Waals surface area contributed by atoms with Crippen molar-refractivity contribution in [1.82, 2.24) is 5.43 Å². The van der Waals surface area contributed by atoms with E-state index < -0.39 is 0 Å². The van der Waals surface area contributed by atoms with Crippen LogP contribution < -0.4 is 16.0 Å². The summed E-state index contributed by atoms with van der Waals surface area (Å²) in [6.45, 7) is 4.27. The highest BCUT2D eigenvalue weighted by molar-refractivity contribution is 9.10. The summed E-state index contributed by atoms with van der Waals surface area (Å²) in [5.74, 6) is 6.63. The third-order valence-electron chi connectivity index (χ3n) is 3.82. The van der Waals surface area contributed by atoms with Crippen LogP contribution in [0.1, 0.15) is 28.3 Å². The van der Waals surface area contributed by atoms with Gasteiger partial charge in [0.05, 0.1) is 13.2 Å². The van der Waals surface area contributed by atoms with E-state index in [0.717, 1.165) is 22.2 Å². The predicted molar refractivity (Wildman–Crippen MR) is 90.4 cm³/mol. The van der Waals surface area contributed by atoms with Gasteiger partial charge in [-0.15, -0.1) is 0 Å². The quantitative estimate of drug-likeness (QED) is 0.637. The van der Waals surface area contributed by atoms with Gasteiger partial charge in [0.2, 0.25) is 0 Å². The molecule has 112 valence electrons. The van der Waals surface area contributed by atoms with E-state index in [1.54, 1.807) is 7.11 Å². The molecule has 0 amide bonds. The van der Waals surface area contributed by atoms with Crippen molar-refractivity contribution in [2.75, 3.05) is 7.11 Å². The van der Waals surface area contributed by atoms with Crippen LogP contribution in [0.25, 0.3) is 0 Å². The lowest BCUT2D eigenvalue weighted by atomic mass is 9.93. The monoisotopic (exact) mass is 348 g/mol. The first kappa shape index (κ1) is 16.0. The molecular formula is C17H21BrN2O. The Morgan fingerprint density at radius 1 is 1.19 bits per heavy atom. The standard InChI is InChI=1S/C17H21BrN2O/c1-11-5-4-6-12(2)15(11)10-16(20-19)14-8-7-13(18)9-17(14)21-3/h4-9,16,20H,10,19H2,1-3H3. The van der Waals surface area contributed by atoms with E-state index in [9.17, 15) is 0 Å². The summed E-state index contributed by atoms with van der Waals surface area (Å²) >= 11 is 3.47. The van der Waals surface area contributed by atoms with E-state index in [4.69, 9.17) is 10.6 Å². The molecule has 1 atom stereocenters. The number of hydrogen-bond acceptors (Lipinski definition) is 3. The summed E-state index contributed by atoms with van der Waals surface area (Å²) in [4.78, 5) is 0. The molecular weight excluding hydrogens is 328 g/mol. The molecule has 2 aromatic carbocycles. The smallest absolute Gasteiger partial charge is 0.124 e. The molecule has 0 heterocycles. The van der Waals surface area contributed by atoms with Crippen LogP contribution in [0.3, 0.4) is 0 Å². The third-order valence-corrected chi connectivity index (χ3v) is 4.32. The highest BCUT2D eigenvalue weighted by Crippen LogP contribution is 2.31. The normalized spacial score (nSPS) is 12.2. The number of rotatable bonds is 5. The minimum Gasteiger partial charge on any atom is -0.496 e. The number of nitrogens with one attached hydrogen (secondary N) is 1. The minimum absolute atomic E-state index is 0.00727. The van der Waals surface area contributed by atoms with Crippen LogP contribution >= 0.6 is 15.9 Å². The van der Waals surface area contributed by atoms with E-state index in [1.807, 2.05) is 18.2 Å². The predicted octanol–water partition coefficient (Wildman–Crippen LogP) is 3.82. The molecule has 1 unspecified atom stereocenters. The zero-order chi connectivity index (χ0) is 15.4. The van der Waals surface area contributed by atoms with Gasteiger partial charge in [0.25, 0.3) is 0 Å². The van der Waals surface area contributed by atoms with Crippen molar-refractivity contribution < 1.29 is 4.74 Å². The maximum absolute atomic E-state index is 5.80. The summed E-state index contributed by atoms with van der Waals surface area (Å²) in [5, 5.41) is 0. The summed E-state index contributed by atoms with van der Waals surface area (Å²) in [6.07, 6.45) is 0.826. The lowest BCUT2D eigenvalue weighted by molar-refractivity contribution is 0.398. The van der Waals surface area contributed by atoms with E-state index in [2.05, 4.69) is 53.4 Å². The van der Waals surface area contributed by atoms with Gasteiger partial charge in [0, 0.05) is 10.0 Å². The number of nitrogens with two attached hydrogens (primary N) is 1. The zero-order valence-electron chi connectivity index (χ0n) is 12.6. The topological polar surface area (TPSA) is 47.3 Å². The van der Waals surface area contributed by atoms with Crippen molar-refractivity contribution in [2.45, 2.75) is 26.3 Å². The first-order valence-electron chi connectivity index (χ1n) is 6.91. The van der Waals surface area contributed by atoms with Gasteiger partial charge in [0.1, 0.15) is 5.75 Å². The summed E-state index contributed by atoms with van der Waals surface area (Å²) < 4.78 is 6.47. The SMILES string of the molecule is COc1cc(Br)ccc1C(Cc1c(C)cccc1C)NN. The minimum atomic E-state index is 0.00727. The van der Waals surface area contributed by atoms with Crippen LogP contribution in [0.15, 0.2) is 40.9 Å². The average Bonchev–Trinajstić information content (AvgIpc) is 2.47. The average molecular weight is 349 g/mol. The van der Waals surface area contributed by atoms with Gasteiger partial charge in [-0.3, -0.25) is 11.3 Å². The number of benzene rings is 2. The van der Waals surface area contributed by atoms with E-state index >= 15 is 0 Å². The maximum Gasteiger partial charge on any atom is 0.124 e. The fourth-order valence-corrected chi connectivity index (χ4v) is 2.95. The van der Waals surface area contributed by atoms with Crippen LogP contribution in [0.2, 0.25) is 0 Å². The zero-order valence-corrected chi connectivity index (χ0v) is 14.2. The number of hydrazine groups is 1. The molecule has 0 aliphatic rings. The van der Waals surface area contributed by atoms with Crippen molar-refractivity contribution in [3.05, 3.63) is 63.1 Å². The van der Waals surface area contributed by atoms with Crippen molar-refractivity contribution in [3.8, 4) is 5.75 Å². The maximum atomic E-state index is 5.80. The van der Waals surface area contributed by atoms with Crippen LogP contribution in [-0.2, 0) is 6.42 Å². The molecule has 21 heavy (non-hydrogen) atoms. The number of aryl methyl sites for hydroxylation is 2. The van der Waals surface area contributed by atoms with E-state index in [-0.39, 0.29) is 6.04 Å². The van der Waals surface area contributed by atoms with Gasteiger partial charge < -0.3 is 4.74 Å². The van der Waals surface area contributed by atoms with Crippen molar-refractivity contribution >= 4 is 15.9 Å². The Morgan fingerprint density at radius 3 is 2.43 bits per heavy atom. The first-order chi connectivity index (χ1) is 10.1. The van der Waals surface area contributed by atoms with Crippen LogP contribution in [0, 0.1) is 13.8 Å². The molecule has 0 aliphatic heterocycles. The molecule has 4 heteroatoms. The number of methoxy groups -OCH3 is 1. The molecule has 0 fully saturated rings. The molecule has 3 nitrogen and oxygen atoms in total. The van der Waals surface area contributed by atoms with Gasteiger partial charge in [-0.1, -0.05) is 40.2 Å². The lowest BCUT2D eigenvalue weighted by Crippen LogP contribution is -2.30. The van der Waals surface area contributed by atoms with Gasteiger partial charge in [-0.2, -0.15) is 0 Å². The third kappa shape index (κ3) is 3.64. The number of hydrogen-bond donors (Lipinski definition) is 2. The summed E-state index contributed by atoms with van der Waals surface area (Å²) in [7, 11) is 1.68. The Hall–Kier alpha value is -1.36. The fraction of sp³-hybridized carbons (Fsp3) is 0.294. The second kappa shape index (κ2) is 7.07. The van der Waals surface area contributed by atoms with Gasteiger partial charge >= 0.3 is 0 Å². The van der Waals surface area contributed by atoms with Crippen LogP contribution in [0.4, 0.5) is 0 Å². The van der Waals surface area contributed by atoms with Crippen molar-refractivity contribution in [2.24, 2.45) is 5.84 Å². The second-order valence-corrected chi connectivity index (χ2v) is 6.10. The molecule has 0 aromatic heterocycles. The molecule has 0 saturated carbocycles. The van der Waals surface area contributed by atoms with Crippen molar-refractivity contribution in [1.29, 1.82) is 0 Å². The Morgan fingerprint density at radius 2 is 1.86 bits per heavy atom. The van der Waals surface area contributed by atoms with Crippen LogP contribution in [-0.4, -0.2) is 7.11 Å². The van der Waals surface area contributed by atoms with Gasteiger partial charge in [-0.05, 0) is 49.1 Å². The molecule has 0 spiro atoms. The molecule has 0 aliphatic carbocycles. The number of halogens is 1. The van der Waals surface area contributed by atoms with Gasteiger partial charge in [0.15, 0.2) is 0 Å². The Bertz CT molecular complexity index is 608. The second-order valence-electron chi connectivity index (χ2n) is 5.18. The molecule has 2 rings (SSSR count). The largest absolute Gasteiger partial charge is 0.496 e. The Labute approximate surface area is 134 Å². The van der Waals surface area contributed by atoms with Gasteiger partial charge in [-0.25, -0.2) is 0 Å². The summed E-state index contributed by atoms with van der Waals surface area (Å²) in [6, 6.07) is 12.4. The summed E-state index contributed by atoms with van der Waals surface area (Å²) in [5.41, 5.74) is 7.87. The highest BCUT2D eigenvalue weighted by Gasteiger charge is 2.17. The van der Waals surface area contributed by atoms with Crippen LogP contribution in [0.5, 0.6) is 5.75 Å². The van der Waals surface area contributed by atoms with E-state index in [0.29, 0.717) is 0 Å². The molecule has 3 N–H and O–H groups in total. The lowest BCUT2D eigenvalue weighted by Gasteiger charge is -2.21. The molecule has 0 saturated heterocycles. The highest BCUT2D eigenvalue weighted by atomic mass is 79.9. The molecule has 0 bridgehead atoms. The van der Waals surface area contributed by atoms with Crippen molar-refractivity contribution in [3.63, 3.8) is 0 Å². The molecule has 2 aromatic rings. The number of ether oxygens (including phenoxy) is 1. The Kier molecular flexibility index (Phi) is 5.39. The Balaban J connectivity index is 2.37. The first-order valence-corrected chi connectivity index (χ1v) is 7.70. The van der Waals surface area contributed by atoms with E-state index in [1.165, 1.54) is 16.7 Å². The fourth-order valence-electron chi connectivity index (χ4n) is 2.61.